The van der Waals surface area contributed by atoms with E-state index < -0.39 is 11.9 Å². The number of amides is 2. The van der Waals surface area contributed by atoms with Gasteiger partial charge in [-0.1, -0.05) is 24.3 Å². The van der Waals surface area contributed by atoms with Gasteiger partial charge in [-0.05, 0) is 24.0 Å². The molecule has 1 saturated heterocycles. The highest BCUT2D eigenvalue weighted by Crippen LogP contribution is 2.24. The van der Waals surface area contributed by atoms with Gasteiger partial charge in [0.2, 0.25) is 11.8 Å². The Balaban J connectivity index is 1.66. The molecule has 0 aliphatic carbocycles. The van der Waals surface area contributed by atoms with Crippen LogP contribution in [0.3, 0.4) is 0 Å². The van der Waals surface area contributed by atoms with Crippen LogP contribution in [0.15, 0.2) is 24.3 Å². The van der Waals surface area contributed by atoms with E-state index in [0.717, 1.165) is 37.1 Å². The lowest BCUT2D eigenvalue weighted by Crippen LogP contribution is -2.51. The number of benzene rings is 1. The lowest BCUT2D eigenvalue weighted by molar-refractivity contribution is -0.183. The predicted octanol–water partition coefficient (Wildman–Crippen LogP) is 0.843. The van der Waals surface area contributed by atoms with E-state index in [1.54, 1.807) is 4.90 Å². The Morgan fingerprint density at radius 3 is 2.70 bits per heavy atom. The van der Waals surface area contributed by atoms with Crippen LogP contribution in [0.4, 0.5) is 0 Å². The Hall–Kier alpha value is -1.92. The van der Waals surface area contributed by atoms with Crippen LogP contribution in [-0.2, 0) is 27.4 Å². The van der Waals surface area contributed by atoms with Gasteiger partial charge in [-0.2, -0.15) is 5.06 Å². The van der Waals surface area contributed by atoms with E-state index in [2.05, 4.69) is 0 Å². The molecule has 2 aliphatic rings. The topological polar surface area (TPSA) is 75.9 Å². The highest BCUT2D eigenvalue weighted by molar-refractivity contribution is 5.87. The fourth-order valence-corrected chi connectivity index (χ4v) is 3.23. The Morgan fingerprint density at radius 2 is 2.00 bits per heavy atom. The molecule has 0 aromatic heterocycles. The van der Waals surface area contributed by atoms with Gasteiger partial charge in [-0.3, -0.25) is 14.4 Å². The van der Waals surface area contributed by atoms with Gasteiger partial charge in [0, 0.05) is 32.5 Å². The number of hydrogen-bond acceptors (Lipinski definition) is 4. The molecule has 1 atom stereocenters. The van der Waals surface area contributed by atoms with Crippen molar-refractivity contribution < 1.29 is 14.4 Å². The first kappa shape index (κ1) is 16.0. The second-order valence-corrected chi connectivity index (χ2v) is 6.13. The maximum absolute atomic E-state index is 12.6. The normalized spacial score (nSPS) is 21.7. The van der Waals surface area contributed by atoms with Crippen molar-refractivity contribution in [3.05, 3.63) is 35.4 Å². The van der Waals surface area contributed by atoms with Gasteiger partial charge in [0.25, 0.3) is 0 Å². The molecule has 1 aromatic rings. The largest absolute Gasteiger partial charge is 0.368 e. The van der Waals surface area contributed by atoms with Crippen molar-refractivity contribution in [2.75, 3.05) is 19.7 Å². The van der Waals surface area contributed by atoms with E-state index in [1.165, 1.54) is 0 Å². The first-order valence-corrected chi connectivity index (χ1v) is 8.18. The third kappa shape index (κ3) is 3.71. The quantitative estimate of drug-likeness (QED) is 0.893. The van der Waals surface area contributed by atoms with Gasteiger partial charge >= 0.3 is 0 Å². The number of primary amides is 1. The van der Waals surface area contributed by atoms with E-state index in [-0.39, 0.29) is 5.91 Å². The lowest BCUT2D eigenvalue weighted by atomic mass is 9.93. The summed E-state index contributed by atoms with van der Waals surface area (Å²) in [6.07, 6.45) is 3.00. The highest BCUT2D eigenvalue weighted by atomic mass is 16.7. The van der Waals surface area contributed by atoms with Crippen LogP contribution in [0.5, 0.6) is 0 Å². The summed E-state index contributed by atoms with van der Waals surface area (Å²) < 4.78 is 0. The van der Waals surface area contributed by atoms with Crippen molar-refractivity contribution >= 4 is 11.8 Å². The summed E-state index contributed by atoms with van der Waals surface area (Å²) >= 11 is 0. The molecule has 0 spiro atoms. The van der Waals surface area contributed by atoms with Crippen LogP contribution in [0.25, 0.3) is 0 Å². The number of hydroxylamine groups is 2. The molecule has 1 fully saturated rings. The van der Waals surface area contributed by atoms with Crippen molar-refractivity contribution in [3.63, 3.8) is 0 Å². The first-order valence-electron chi connectivity index (χ1n) is 8.18. The number of rotatable bonds is 4. The first-order chi connectivity index (χ1) is 11.1. The minimum atomic E-state index is -0.556. The summed E-state index contributed by atoms with van der Waals surface area (Å²) in [6, 6.07) is 7.34. The van der Waals surface area contributed by atoms with Crippen LogP contribution < -0.4 is 5.73 Å². The van der Waals surface area contributed by atoms with Gasteiger partial charge in [0.15, 0.2) is 0 Å². The molecule has 23 heavy (non-hydrogen) atoms. The third-order valence-electron chi connectivity index (χ3n) is 4.55. The maximum Gasteiger partial charge on any atom is 0.240 e. The van der Waals surface area contributed by atoms with E-state index in [4.69, 9.17) is 10.6 Å². The minimum absolute atomic E-state index is 0.0440. The second kappa shape index (κ2) is 7.10. The lowest BCUT2D eigenvalue weighted by Gasteiger charge is -2.35. The Bertz CT molecular complexity index is 584. The summed E-state index contributed by atoms with van der Waals surface area (Å²) in [5.74, 6) is -0.487. The minimum Gasteiger partial charge on any atom is -0.368 e. The molecule has 1 aromatic carbocycles. The van der Waals surface area contributed by atoms with E-state index in [0.29, 0.717) is 25.9 Å². The summed E-state index contributed by atoms with van der Waals surface area (Å²) in [4.78, 5) is 31.5. The fourth-order valence-electron chi connectivity index (χ4n) is 3.23. The molecule has 2 N–H and O–H groups in total. The van der Waals surface area contributed by atoms with Gasteiger partial charge < -0.3 is 10.6 Å². The number of carbonyl (C=O) groups is 2. The molecule has 124 valence electrons. The molecule has 2 aliphatic heterocycles. The van der Waals surface area contributed by atoms with E-state index in [9.17, 15) is 9.59 Å². The predicted molar refractivity (Wildman–Crippen MR) is 85.1 cm³/mol. The fraction of sp³-hybridized carbons (Fsp3) is 0.529. The molecule has 0 bridgehead atoms. The average Bonchev–Trinajstić information content (AvgIpc) is 2.59. The smallest absolute Gasteiger partial charge is 0.240 e. The summed E-state index contributed by atoms with van der Waals surface area (Å²) in [7, 11) is 0. The van der Waals surface area contributed by atoms with Crippen LogP contribution >= 0.6 is 0 Å². The molecule has 2 heterocycles. The van der Waals surface area contributed by atoms with Gasteiger partial charge in [-0.15, -0.1) is 0 Å². The number of nitrogens with two attached hydrogens (primary N) is 1. The number of nitrogens with zero attached hydrogens (tertiary/aromatic N) is 2. The van der Waals surface area contributed by atoms with Crippen molar-refractivity contribution in [1.29, 1.82) is 0 Å². The van der Waals surface area contributed by atoms with Crippen molar-refractivity contribution in [3.8, 4) is 0 Å². The van der Waals surface area contributed by atoms with Crippen LogP contribution in [0.2, 0.25) is 0 Å². The molecule has 2 amide bonds. The molecular formula is C17H23N3O3. The maximum atomic E-state index is 12.6. The van der Waals surface area contributed by atoms with Crippen molar-refractivity contribution in [1.82, 2.24) is 9.96 Å². The standard InChI is InChI=1S/C17H23N3O3/c18-17(22)15-11-13-5-1-2-6-14(13)12-20(15)16(21)7-9-19-8-3-4-10-23-19/h1-2,5-6,15H,3-4,7-12H2,(H2,18,22). The molecule has 0 saturated carbocycles. The molecule has 3 rings (SSSR count). The number of carbonyl (C=O) groups excluding carboxylic acids is 2. The molecular weight excluding hydrogens is 294 g/mol. The van der Waals surface area contributed by atoms with Crippen LogP contribution in [0, 0.1) is 0 Å². The molecule has 0 radical (unpaired) electrons. The van der Waals surface area contributed by atoms with Crippen LogP contribution in [0.1, 0.15) is 30.4 Å². The van der Waals surface area contributed by atoms with Crippen molar-refractivity contribution in [2.24, 2.45) is 5.73 Å². The van der Waals surface area contributed by atoms with Crippen LogP contribution in [-0.4, -0.2) is 47.5 Å². The average molecular weight is 317 g/mol. The van der Waals surface area contributed by atoms with Gasteiger partial charge in [0.05, 0.1) is 6.61 Å². The van der Waals surface area contributed by atoms with Crippen molar-refractivity contribution in [2.45, 2.75) is 38.3 Å². The van der Waals surface area contributed by atoms with E-state index >= 15 is 0 Å². The SMILES string of the molecule is NC(=O)C1Cc2ccccc2CN1C(=O)CCN1CCCCO1. The Kier molecular flexibility index (Phi) is 4.93. The summed E-state index contributed by atoms with van der Waals surface area (Å²) in [5, 5.41) is 1.85. The second-order valence-electron chi connectivity index (χ2n) is 6.13. The molecule has 6 nitrogen and oxygen atoms in total. The zero-order valence-electron chi connectivity index (χ0n) is 13.2. The zero-order chi connectivity index (χ0) is 16.2. The van der Waals surface area contributed by atoms with Gasteiger partial charge in [-0.25, -0.2) is 0 Å². The zero-order valence-corrected chi connectivity index (χ0v) is 13.2. The van der Waals surface area contributed by atoms with E-state index in [1.807, 2.05) is 29.3 Å². The molecule has 1 unspecified atom stereocenters. The Morgan fingerprint density at radius 1 is 1.22 bits per heavy atom. The Labute approximate surface area is 136 Å². The summed E-state index contributed by atoms with van der Waals surface area (Å²) in [6.45, 7) is 2.58. The van der Waals surface area contributed by atoms with Gasteiger partial charge in [0.1, 0.15) is 6.04 Å². The number of hydrogen-bond donors (Lipinski definition) is 1. The number of fused-ring (bicyclic) bond motifs is 1. The molecule has 6 heteroatoms. The third-order valence-corrected chi connectivity index (χ3v) is 4.55. The highest BCUT2D eigenvalue weighted by Gasteiger charge is 2.33. The monoisotopic (exact) mass is 317 g/mol. The summed E-state index contributed by atoms with van der Waals surface area (Å²) in [5.41, 5.74) is 7.71.